The fourth-order valence-corrected chi connectivity index (χ4v) is 2.01. The third-order valence-corrected chi connectivity index (χ3v) is 3.19. The monoisotopic (exact) mass is 299 g/mol. The number of benzene rings is 2. The molecular formula is C17H17NO4. The highest BCUT2D eigenvalue weighted by Crippen LogP contribution is 2.29. The molecule has 0 aliphatic carbocycles. The molecule has 0 saturated heterocycles. The van der Waals surface area contributed by atoms with E-state index in [2.05, 4.69) is 11.9 Å². The summed E-state index contributed by atoms with van der Waals surface area (Å²) in [5.74, 6) is -1.32. The molecule has 0 heterocycles. The van der Waals surface area contributed by atoms with Crippen molar-refractivity contribution in [3.63, 3.8) is 0 Å². The van der Waals surface area contributed by atoms with Crippen molar-refractivity contribution in [1.82, 2.24) is 5.32 Å². The second-order valence-corrected chi connectivity index (χ2v) is 4.76. The number of fused-ring (bicyclic) bond motifs is 1. The Balaban J connectivity index is 2.18. The maximum Gasteiger partial charge on any atom is 0.342 e. The molecule has 0 aromatic heterocycles. The number of hydrogen-bond donors (Lipinski definition) is 2. The molecule has 5 heteroatoms. The van der Waals surface area contributed by atoms with E-state index >= 15 is 0 Å². The topological polar surface area (TPSA) is 75.6 Å². The lowest BCUT2D eigenvalue weighted by atomic mass is 10.1. The number of carbonyl (C=O) groups excluding carboxylic acids is 2. The molecule has 0 radical (unpaired) electrons. The van der Waals surface area contributed by atoms with Gasteiger partial charge in [0.15, 0.2) is 6.10 Å². The van der Waals surface area contributed by atoms with E-state index < -0.39 is 18.0 Å². The smallest absolute Gasteiger partial charge is 0.342 e. The number of nitrogens with one attached hydrogen (secondary N) is 1. The van der Waals surface area contributed by atoms with Crippen molar-refractivity contribution in [1.29, 1.82) is 0 Å². The van der Waals surface area contributed by atoms with E-state index in [1.807, 2.05) is 12.1 Å². The molecule has 5 nitrogen and oxygen atoms in total. The molecule has 0 aliphatic rings. The SMILES string of the molecule is C=CCNC(=O)[C@@H](C)OC(=O)c1ccc2ccccc2c1O. The lowest BCUT2D eigenvalue weighted by molar-refractivity contribution is -0.128. The van der Waals surface area contributed by atoms with Gasteiger partial charge in [0.25, 0.3) is 5.91 Å². The Morgan fingerprint density at radius 2 is 2.05 bits per heavy atom. The number of hydrogen-bond acceptors (Lipinski definition) is 4. The van der Waals surface area contributed by atoms with Gasteiger partial charge in [-0.15, -0.1) is 6.58 Å². The Hall–Kier alpha value is -2.82. The molecule has 0 saturated carbocycles. The minimum atomic E-state index is -0.960. The number of aromatic hydroxyl groups is 1. The van der Waals surface area contributed by atoms with E-state index in [1.165, 1.54) is 19.1 Å². The number of esters is 1. The van der Waals surface area contributed by atoms with Gasteiger partial charge in [0.1, 0.15) is 11.3 Å². The first-order chi connectivity index (χ1) is 10.5. The molecule has 2 rings (SSSR count). The average Bonchev–Trinajstić information content (AvgIpc) is 2.52. The van der Waals surface area contributed by atoms with Crippen LogP contribution in [0.1, 0.15) is 17.3 Å². The Morgan fingerprint density at radius 3 is 2.77 bits per heavy atom. The Labute approximate surface area is 128 Å². The molecule has 1 amide bonds. The molecule has 22 heavy (non-hydrogen) atoms. The Morgan fingerprint density at radius 1 is 1.32 bits per heavy atom. The van der Waals surface area contributed by atoms with Gasteiger partial charge in [-0.3, -0.25) is 4.79 Å². The van der Waals surface area contributed by atoms with Crippen LogP contribution < -0.4 is 5.32 Å². The van der Waals surface area contributed by atoms with Gasteiger partial charge in [-0.2, -0.15) is 0 Å². The summed E-state index contributed by atoms with van der Waals surface area (Å²) < 4.78 is 5.08. The van der Waals surface area contributed by atoms with E-state index in [4.69, 9.17) is 4.74 Å². The zero-order valence-corrected chi connectivity index (χ0v) is 12.2. The van der Waals surface area contributed by atoms with E-state index in [1.54, 1.807) is 18.2 Å². The molecule has 0 bridgehead atoms. The van der Waals surface area contributed by atoms with Crippen LogP contribution in [-0.4, -0.2) is 29.6 Å². The number of ether oxygens (including phenoxy) is 1. The molecule has 114 valence electrons. The van der Waals surface area contributed by atoms with E-state index in [9.17, 15) is 14.7 Å². The first kappa shape index (κ1) is 15.6. The van der Waals surface area contributed by atoms with Gasteiger partial charge in [0.2, 0.25) is 0 Å². The third-order valence-electron chi connectivity index (χ3n) is 3.19. The maximum atomic E-state index is 12.1. The van der Waals surface area contributed by atoms with E-state index in [-0.39, 0.29) is 11.3 Å². The van der Waals surface area contributed by atoms with Gasteiger partial charge in [0.05, 0.1) is 0 Å². The standard InChI is InChI=1S/C17H17NO4/c1-3-10-18-16(20)11(2)22-17(21)14-9-8-12-6-4-5-7-13(12)15(14)19/h3-9,11,19H,1,10H2,2H3,(H,18,20)/t11-/m1/s1. The van der Waals surface area contributed by atoms with Crippen LogP contribution in [-0.2, 0) is 9.53 Å². The molecule has 2 N–H and O–H groups in total. The molecule has 0 spiro atoms. The van der Waals surface area contributed by atoms with Crippen LogP contribution in [0.25, 0.3) is 10.8 Å². The molecule has 0 aliphatic heterocycles. The number of phenols is 1. The van der Waals surface area contributed by atoms with Crippen molar-refractivity contribution >= 4 is 22.6 Å². The Kier molecular flexibility index (Phi) is 4.78. The summed E-state index contributed by atoms with van der Waals surface area (Å²) in [5, 5.41) is 14.1. The summed E-state index contributed by atoms with van der Waals surface area (Å²) in [5.41, 5.74) is 0.0297. The van der Waals surface area contributed by atoms with Crippen LogP contribution >= 0.6 is 0 Å². The number of amides is 1. The summed E-state index contributed by atoms with van der Waals surface area (Å²) in [7, 11) is 0. The molecular weight excluding hydrogens is 282 g/mol. The highest BCUT2D eigenvalue weighted by molar-refractivity contribution is 6.01. The molecule has 1 atom stereocenters. The quantitative estimate of drug-likeness (QED) is 0.656. The molecule has 2 aromatic rings. The molecule has 2 aromatic carbocycles. The fourth-order valence-electron chi connectivity index (χ4n) is 2.01. The highest BCUT2D eigenvalue weighted by Gasteiger charge is 2.21. The van der Waals surface area contributed by atoms with Gasteiger partial charge >= 0.3 is 5.97 Å². The average molecular weight is 299 g/mol. The normalized spacial score (nSPS) is 11.7. The Bertz CT molecular complexity index is 724. The summed E-state index contributed by atoms with van der Waals surface area (Å²) in [6.07, 6.45) is 0.569. The zero-order valence-electron chi connectivity index (χ0n) is 12.2. The third kappa shape index (κ3) is 3.25. The van der Waals surface area contributed by atoms with Crippen molar-refractivity contribution in [3.8, 4) is 5.75 Å². The van der Waals surface area contributed by atoms with Gasteiger partial charge in [-0.25, -0.2) is 4.79 Å². The summed E-state index contributed by atoms with van der Waals surface area (Å²) in [4.78, 5) is 23.8. The number of carbonyl (C=O) groups is 2. The zero-order chi connectivity index (χ0) is 16.1. The van der Waals surface area contributed by atoms with Gasteiger partial charge in [-0.1, -0.05) is 36.4 Å². The first-order valence-electron chi connectivity index (χ1n) is 6.85. The first-order valence-corrected chi connectivity index (χ1v) is 6.85. The summed E-state index contributed by atoms with van der Waals surface area (Å²) >= 11 is 0. The number of rotatable bonds is 5. The second-order valence-electron chi connectivity index (χ2n) is 4.76. The minimum Gasteiger partial charge on any atom is -0.506 e. The van der Waals surface area contributed by atoms with Crippen LogP contribution in [0.2, 0.25) is 0 Å². The van der Waals surface area contributed by atoms with Crippen molar-refractivity contribution in [3.05, 3.63) is 54.6 Å². The van der Waals surface area contributed by atoms with Crippen molar-refractivity contribution in [2.24, 2.45) is 0 Å². The predicted octanol–water partition coefficient (Wildman–Crippen LogP) is 2.39. The van der Waals surface area contributed by atoms with Crippen LogP contribution in [0.3, 0.4) is 0 Å². The van der Waals surface area contributed by atoms with Crippen molar-refractivity contribution in [2.75, 3.05) is 6.54 Å². The minimum absolute atomic E-state index is 0.0297. The lowest BCUT2D eigenvalue weighted by Crippen LogP contribution is -2.35. The predicted molar refractivity (Wildman–Crippen MR) is 83.7 cm³/mol. The molecule has 0 unspecified atom stereocenters. The van der Waals surface area contributed by atoms with Gasteiger partial charge in [-0.05, 0) is 18.4 Å². The van der Waals surface area contributed by atoms with E-state index in [0.717, 1.165) is 5.39 Å². The largest absolute Gasteiger partial charge is 0.506 e. The van der Waals surface area contributed by atoms with E-state index in [0.29, 0.717) is 11.9 Å². The van der Waals surface area contributed by atoms with Gasteiger partial charge < -0.3 is 15.2 Å². The lowest BCUT2D eigenvalue weighted by Gasteiger charge is -2.14. The van der Waals surface area contributed by atoms with Crippen LogP contribution in [0, 0.1) is 0 Å². The van der Waals surface area contributed by atoms with Crippen molar-refractivity contribution in [2.45, 2.75) is 13.0 Å². The summed E-state index contributed by atoms with van der Waals surface area (Å²) in [6.45, 7) is 5.25. The van der Waals surface area contributed by atoms with Crippen molar-refractivity contribution < 1.29 is 19.4 Å². The van der Waals surface area contributed by atoms with Crippen LogP contribution in [0.5, 0.6) is 5.75 Å². The van der Waals surface area contributed by atoms with Gasteiger partial charge in [0, 0.05) is 11.9 Å². The highest BCUT2D eigenvalue weighted by atomic mass is 16.5. The van der Waals surface area contributed by atoms with Crippen LogP contribution in [0.4, 0.5) is 0 Å². The second kappa shape index (κ2) is 6.76. The fraction of sp³-hybridized carbons (Fsp3) is 0.176. The maximum absolute atomic E-state index is 12.1. The summed E-state index contributed by atoms with van der Waals surface area (Å²) in [6, 6.07) is 10.3. The number of phenolic OH excluding ortho intramolecular Hbond substituents is 1. The van der Waals surface area contributed by atoms with Crippen LogP contribution in [0.15, 0.2) is 49.1 Å². The molecule has 0 fully saturated rings.